The maximum Gasteiger partial charge on any atom is 0.251 e. The number of nitrogens with one attached hydrogen (secondary N) is 2. The number of nitrogens with two attached hydrogens (primary N) is 2. The number of anilines is 1. The zero-order valence-corrected chi connectivity index (χ0v) is 11.3. The Balaban J connectivity index is 2.00. The third-order valence-electron chi connectivity index (χ3n) is 2.93. The van der Waals surface area contributed by atoms with Crippen LogP contribution >= 0.6 is 0 Å². The van der Waals surface area contributed by atoms with Gasteiger partial charge < -0.3 is 16.8 Å². The summed E-state index contributed by atoms with van der Waals surface area (Å²) < 4.78 is 0. The van der Waals surface area contributed by atoms with Crippen molar-refractivity contribution in [3.8, 4) is 0 Å². The van der Waals surface area contributed by atoms with Gasteiger partial charge in [-0.3, -0.25) is 9.89 Å². The van der Waals surface area contributed by atoms with Crippen molar-refractivity contribution in [2.45, 2.75) is 19.4 Å². The Morgan fingerprint density at radius 3 is 2.65 bits per heavy atom. The van der Waals surface area contributed by atoms with Gasteiger partial charge >= 0.3 is 0 Å². The van der Waals surface area contributed by atoms with Gasteiger partial charge in [-0.15, -0.1) is 5.10 Å². The van der Waals surface area contributed by atoms with E-state index in [1.165, 1.54) is 0 Å². The lowest BCUT2D eigenvalue weighted by Crippen LogP contribution is -2.27. The number of carbonyl (C=O) groups excluding carboxylic acids is 1. The predicted octanol–water partition coefficient (Wildman–Crippen LogP) is 0.379. The molecule has 0 fully saturated rings. The number of nitrogens with zero attached hydrogens (tertiary/aromatic N) is 2. The van der Waals surface area contributed by atoms with Gasteiger partial charge in [-0.25, -0.2) is 0 Å². The van der Waals surface area contributed by atoms with E-state index in [2.05, 4.69) is 20.5 Å². The van der Waals surface area contributed by atoms with E-state index in [9.17, 15) is 4.79 Å². The molecule has 0 spiro atoms. The third kappa shape index (κ3) is 3.33. The van der Waals surface area contributed by atoms with Gasteiger partial charge in [0.25, 0.3) is 5.91 Å². The Hall–Kier alpha value is -2.41. The summed E-state index contributed by atoms with van der Waals surface area (Å²) in [6, 6.07) is 7.07. The molecule has 1 heterocycles. The molecule has 0 bridgehead atoms. The van der Waals surface area contributed by atoms with Crippen molar-refractivity contribution >= 4 is 11.9 Å². The minimum Gasteiger partial charge on any atom is -0.367 e. The maximum absolute atomic E-state index is 12.1. The van der Waals surface area contributed by atoms with Crippen LogP contribution < -0.4 is 16.8 Å². The zero-order chi connectivity index (χ0) is 14.5. The molecular formula is C13H18N6O. The van der Waals surface area contributed by atoms with Crippen molar-refractivity contribution in [1.82, 2.24) is 20.5 Å². The monoisotopic (exact) mass is 274 g/mol. The first-order valence-corrected chi connectivity index (χ1v) is 6.38. The molecule has 1 unspecified atom stereocenters. The lowest BCUT2D eigenvalue weighted by molar-refractivity contribution is 0.0938. The lowest BCUT2D eigenvalue weighted by atomic mass is 10.1. The number of benzene rings is 1. The summed E-state index contributed by atoms with van der Waals surface area (Å²) in [5.74, 6) is 0.509. The number of carbonyl (C=O) groups is 1. The molecule has 6 N–H and O–H groups in total. The molecule has 0 saturated heterocycles. The highest BCUT2D eigenvalue weighted by Crippen LogP contribution is 2.10. The van der Waals surface area contributed by atoms with Gasteiger partial charge in [-0.1, -0.05) is 12.1 Å². The summed E-state index contributed by atoms with van der Waals surface area (Å²) >= 11 is 0. The molecule has 0 radical (unpaired) electrons. The Bertz CT molecular complexity index is 577. The number of aromatic amines is 1. The fraction of sp³-hybridized carbons (Fsp3) is 0.308. The van der Waals surface area contributed by atoms with Crippen molar-refractivity contribution in [2.24, 2.45) is 5.73 Å². The first-order chi connectivity index (χ1) is 9.60. The van der Waals surface area contributed by atoms with E-state index in [0.29, 0.717) is 17.9 Å². The van der Waals surface area contributed by atoms with E-state index < -0.39 is 0 Å². The molecule has 2 aromatic rings. The topological polar surface area (TPSA) is 123 Å². The van der Waals surface area contributed by atoms with Crippen LogP contribution in [0.1, 0.15) is 34.7 Å². The standard InChI is InChI=1S/C13H18N6O/c1-8(11-17-13(15)19-18-11)16-12(20)10-4-2-9(3-5-10)6-7-14/h2-5,8H,6-7,14H2,1H3,(H,16,20)(H3,15,17,18,19). The number of rotatable bonds is 5. The van der Waals surface area contributed by atoms with Gasteiger partial charge in [-0.2, -0.15) is 4.98 Å². The van der Waals surface area contributed by atoms with Crippen LogP contribution in [0, 0.1) is 0 Å². The molecule has 0 aliphatic rings. The molecule has 7 heteroatoms. The molecule has 0 aliphatic carbocycles. The van der Waals surface area contributed by atoms with Gasteiger partial charge in [0.1, 0.15) is 5.82 Å². The number of nitrogen functional groups attached to an aromatic ring is 1. The maximum atomic E-state index is 12.1. The van der Waals surface area contributed by atoms with Crippen LogP contribution in [0.2, 0.25) is 0 Å². The summed E-state index contributed by atoms with van der Waals surface area (Å²) in [4.78, 5) is 16.1. The Kier molecular flexibility index (Phi) is 4.31. The molecule has 1 amide bonds. The SMILES string of the molecule is CC(NC(=O)c1ccc(CCN)cc1)c1nc(N)n[nH]1. The van der Waals surface area contributed by atoms with E-state index in [-0.39, 0.29) is 17.9 Å². The lowest BCUT2D eigenvalue weighted by Gasteiger charge is -2.11. The highest BCUT2D eigenvalue weighted by atomic mass is 16.1. The summed E-state index contributed by atoms with van der Waals surface area (Å²) in [5, 5.41) is 9.23. The fourth-order valence-corrected chi connectivity index (χ4v) is 1.82. The number of amides is 1. The van der Waals surface area contributed by atoms with Crippen LogP contribution in [0.4, 0.5) is 5.95 Å². The Labute approximate surface area is 116 Å². The van der Waals surface area contributed by atoms with Crippen LogP contribution in [0.5, 0.6) is 0 Å². The van der Waals surface area contributed by atoms with E-state index in [1.54, 1.807) is 19.1 Å². The number of hydrogen-bond donors (Lipinski definition) is 4. The van der Waals surface area contributed by atoms with Crippen molar-refractivity contribution in [3.63, 3.8) is 0 Å². The molecule has 1 aromatic heterocycles. The Morgan fingerprint density at radius 1 is 1.40 bits per heavy atom. The van der Waals surface area contributed by atoms with Gasteiger partial charge in [0, 0.05) is 5.56 Å². The summed E-state index contributed by atoms with van der Waals surface area (Å²) in [7, 11) is 0. The summed E-state index contributed by atoms with van der Waals surface area (Å²) in [6.45, 7) is 2.40. The molecule has 1 aromatic carbocycles. The average Bonchev–Trinajstić information content (AvgIpc) is 2.86. The normalized spacial score (nSPS) is 12.1. The molecule has 7 nitrogen and oxygen atoms in total. The van der Waals surface area contributed by atoms with Gasteiger partial charge in [-0.05, 0) is 37.6 Å². The summed E-state index contributed by atoms with van der Waals surface area (Å²) in [6.07, 6.45) is 0.801. The van der Waals surface area contributed by atoms with Crippen LogP contribution in [0.3, 0.4) is 0 Å². The number of aromatic nitrogens is 3. The minimum absolute atomic E-state index is 0.159. The van der Waals surface area contributed by atoms with E-state index in [1.807, 2.05) is 12.1 Å². The second-order valence-corrected chi connectivity index (χ2v) is 4.51. The molecular weight excluding hydrogens is 256 g/mol. The van der Waals surface area contributed by atoms with Crippen LogP contribution in [-0.2, 0) is 6.42 Å². The largest absolute Gasteiger partial charge is 0.367 e. The van der Waals surface area contributed by atoms with Crippen LogP contribution in [0.25, 0.3) is 0 Å². The first-order valence-electron chi connectivity index (χ1n) is 6.38. The molecule has 0 saturated carbocycles. The third-order valence-corrected chi connectivity index (χ3v) is 2.93. The molecule has 1 atom stereocenters. The van der Waals surface area contributed by atoms with Crippen molar-refractivity contribution in [3.05, 3.63) is 41.2 Å². The molecule has 20 heavy (non-hydrogen) atoms. The highest BCUT2D eigenvalue weighted by molar-refractivity contribution is 5.94. The van der Waals surface area contributed by atoms with Crippen molar-refractivity contribution in [2.75, 3.05) is 12.3 Å². The predicted molar refractivity (Wildman–Crippen MR) is 75.9 cm³/mol. The zero-order valence-electron chi connectivity index (χ0n) is 11.3. The quantitative estimate of drug-likeness (QED) is 0.627. The van der Waals surface area contributed by atoms with E-state index in [0.717, 1.165) is 12.0 Å². The molecule has 106 valence electrons. The highest BCUT2D eigenvalue weighted by Gasteiger charge is 2.14. The fourth-order valence-electron chi connectivity index (χ4n) is 1.82. The number of hydrogen-bond acceptors (Lipinski definition) is 5. The van der Waals surface area contributed by atoms with E-state index >= 15 is 0 Å². The average molecular weight is 274 g/mol. The summed E-state index contributed by atoms with van der Waals surface area (Å²) in [5.41, 5.74) is 12.6. The van der Waals surface area contributed by atoms with E-state index in [4.69, 9.17) is 11.5 Å². The van der Waals surface area contributed by atoms with Gasteiger partial charge in [0.15, 0.2) is 0 Å². The first kappa shape index (κ1) is 14.0. The van der Waals surface area contributed by atoms with Crippen molar-refractivity contribution < 1.29 is 4.79 Å². The second kappa shape index (κ2) is 6.16. The number of H-pyrrole nitrogens is 1. The van der Waals surface area contributed by atoms with Gasteiger partial charge in [0.2, 0.25) is 5.95 Å². The van der Waals surface area contributed by atoms with Gasteiger partial charge in [0.05, 0.1) is 6.04 Å². The molecule has 2 rings (SSSR count). The van der Waals surface area contributed by atoms with Crippen LogP contribution in [-0.4, -0.2) is 27.6 Å². The van der Waals surface area contributed by atoms with Crippen LogP contribution in [0.15, 0.2) is 24.3 Å². The van der Waals surface area contributed by atoms with Crippen molar-refractivity contribution in [1.29, 1.82) is 0 Å². The second-order valence-electron chi connectivity index (χ2n) is 4.51. The smallest absolute Gasteiger partial charge is 0.251 e. The molecule has 0 aliphatic heterocycles. The minimum atomic E-state index is -0.295. The Morgan fingerprint density at radius 2 is 2.10 bits per heavy atom.